The number of aliphatic hydroxyl groups is 1. The van der Waals surface area contributed by atoms with Crippen LogP contribution in [0.4, 0.5) is 0 Å². The van der Waals surface area contributed by atoms with E-state index in [2.05, 4.69) is 18.2 Å². The molecule has 0 unspecified atom stereocenters. The molecule has 0 aromatic heterocycles. The summed E-state index contributed by atoms with van der Waals surface area (Å²) in [4.78, 5) is 0. The molecule has 1 aromatic carbocycles. The molecule has 0 fully saturated rings. The van der Waals surface area contributed by atoms with Gasteiger partial charge < -0.3 is 5.11 Å². The van der Waals surface area contributed by atoms with Crippen LogP contribution in [0, 0.1) is 0 Å². The normalized spacial score (nSPS) is 15.9. The van der Waals surface area contributed by atoms with Crippen LogP contribution in [0.5, 0.6) is 0 Å². The molecule has 0 aliphatic heterocycles. The Kier molecular flexibility index (Phi) is 3.25. The minimum atomic E-state index is 0.398. The average Bonchev–Trinajstić information content (AvgIpc) is 2.79. The van der Waals surface area contributed by atoms with Gasteiger partial charge in [-0.15, -0.1) is 0 Å². The van der Waals surface area contributed by atoms with E-state index in [0.29, 0.717) is 5.76 Å². The first-order valence-electron chi connectivity index (χ1n) is 5.67. The third-order valence-electron chi connectivity index (χ3n) is 2.73. The third kappa shape index (κ3) is 2.08. The summed E-state index contributed by atoms with van der Waals surface area (Å²) in [6, 6.07) is 10.2. The van der Waals surface area contributed by atoms with Gasteiger partial charge in [0.1, 0.15) is 5.76 Å². The molecule has 1 N–H and O–H groups in total. The quantitative estimate of drug-likeness (QED) is 0.742. The molecule has 82 valence electrons. The predicted octanol–water partition coefficient (Wildman–Crippen LogP) is 4.25. The van der Waals surface area contributed by atoms with Crippen LogP contribution < -0.4 is 0 Å². The van der Waals surface area contributed by atoms with Gasteiger partial charge in [0.15, 0.2) is 0 Å². The Hall–Kier alpha value is -1.76. The van der Waals surface area contributed by atoms with Crippen LogP contribution in [0.2, 0.25) is 0 Å². The van der Waals surface area contributed by atoms with Gasteiger partial charge in [-0.1, -0.05) is 49.4 Å². The van der Waals surface area contributed by atoms with Gasteiger partial charge in [-0.25, -0.2) is 0 Å². The fraction of sp³-hybridized carbons (Fsp3) is 0.200. The topological polar surface area (TPSA) is 20.2 Å². The maximum absolute atomic E-state index is 9.93. The molecule has 0 heterocycles. The molecule has 1 aromatic rings. The first-order chi connectivity index (χ1) is 7.83. The molecule has 1 heteroatoms. The second-order valence-corrected chi connectivity index (χ2v) is 3.86. The zero-order valence-electron chi connectivity index (χ0n) is 9.48. The lowest BCUT2D eigenvalue weighted by Crippen LogP contribution is -1.89. The molecular formula is C15H16O. The molecule has 0 saturated carbocycles. The standard InChI is InChI=1S/C15H16O/c1-2-7-15(16)14-11-6-10-13(14)12-8-4-3-5-9-12/h3-9,11,16H,2,10H2,1H3/b15-7+. The molecule has 0 atom stereocenters. The van der Waals surface area contributed by atoms with E-state index in [1.165, 1.54) is 11.1 Å². The summed E-state index contributed by atoms with van der Waals surface area (Å²) in [6.07, 6.45) is 7.71. The van der Waals surface area contributed by atoms with Crippen LogP contribution in [0.3, 0.4) is 0 Å². The van der Waals surface area contributed by atoms with E-state index in [0.717, 1.165) is 18.4 Å². The predicted molar refractivity (Wildman–Crippen MR) is 68.1 cm³/mol. The van der Waals surface area contributed by atoms with E-state index in [1.54, 1.807) is 0 Å². The van der Waals surface area contributed by atoms with Crippen molar-refractivity contribution in [2.45, 2.75) is 19.8 Å². The Bertz CT molecular complexity index is 450. The first-order valence-corrected chi connectivity index (χ1v) is 5.67. The smallest absolute Gasteiger partial charge is 0.119 e. The summed E-state index contributed by atoms with van der Waals surface area (Å²) in [5, 5.41) is 9.93. The molecule has 1 aliphatic rings. The molecule has 1 aliphatic carbocycles. The van der Waals surface area contributed by atoms with Crippen molar-refractivity contribution in [2.24, 2.45) is 0 Å². The van der Waals surface area contributed by atoms with E-state index < -0.39 is 0 Å². The molecule has 0 saturated heterocycles. The summed E-state index contributed by atoms with van der Waals surface area (Å²) in [5.41, 5.74) is 3.37. The minimum Gasteiger partial charge on any atom is -0.508 e. The van der Waals surface area contributed by atoms with Gasteiger partial charge in [-0.3, -0.25) is 0 Å². The van der Waals surface area contributed by atoms with E-state index in [9.17, 15) is 5.11 Å². The molecule has 0 spiro atoms. The van der Waals surface area contributed by atoms with Gasteiger partial charge >= 0.3 is 0 Å². The largest absolute Gasteiger partial charge is 0.508 e. The number of hydrogen-bond acceptors (Lipinski definition) is 1. The molecule has 1 nitrogen and oxygen atoms in total. The zero-order chi connectivity index (χ0) is 11.4. The molecule has 0 radical (unpaired) electrons. The van der Waals surface area contributed by atoms with Crippen molar-refractivity contribution in [3.05, 3.63) is 65.5 Å². The minimum absolute atomic E-state index is 0.398. The summed E-state index contributed by atoms with van der Waals surface area (Å²) >= 11 is 0. The van der Waals surface area contributed by atoms with Crippen LogP contribution >= 0.6 is 0 Å². The maximum Gasteiger partial charge on any atom is 0.119 e. The highest BCUT2D eigenvalue weighted by atomic mass is 16.3. The Morgan fingerprint density at radius 3 is 2.75 bits per heavy atom. The van der Waals surface area contributed by atoms with E-state index in [1.807, 2.05) is 37.3 Å². The Morgan fingerprint density at radius 1 is 1.31 bits per heavy atom. The van der Waals surface area contributed by atoms with Gasteiger partial charge in [0, 0.05) is 5.57 Å². The van der Waals surface area contributed by atoms with Crippen molar-refractivity contribution < 1.29 is 5.11 Å². The van der Waals surface area contributed by atoms with Crippen LogP contribution in [0.1, 0.15) is 25.3 Å². The number of hydrogen-bond donors (Lipinski definition) is 1. The maximum atomic E-state index is 9.93. The number of aliphatic hydroxyl groups excluding tert-OH is 1. The molecule has 0 amide bonds. The highest BCUT2D eigenvalue weighted by Gasteiger charge is 2.13. The lowest BCUT2D eigenvalue weighted by Gasteiger charge is -2.07. The van der Waals surface area contributed by atoms with Crippen molar-refractivity contribution >= 4 is 5.57 Å². The van der Waals surface area contributed by atoms with Crippen molar-refractivity contribution in [3.8, 4) is 0 Å². The Labute approximate surface area is 96.4 Å². The van der Waals surface area contributed by atoms with Crippen molar-refractivity contribution in [2.75, 3.05) is 0 Å². The summed E-state index contributed by atoms with van der Waals surface area (Å²) in [7, 11) is 0. The molecule has 0 bridgehead atoms. The van der Waals surface area contributed by atoms with Gasteiger partial charge in [0.05, 0.1) is 0 Å². The van der Waals surface area contributed by atoms with Crippen LogP contribution in [-0.2, 0) is 0 Å². The summed E-state index contributed by atoms with van der Waals surface area (Å²) < 4.78 is 0. The SMILES string of the molecule is CC/C=C(/O)C1=C(c2ccccc2)CC=C1. The Morgan fingerprint density at radius 2 is 2.06 bits per heavy atom. The number of allylic oxidation sites excluding steroid dienone is 4. The zero-order valence-corrected chi connectivity index (χ0v) is 9.48. The number of benzene rings is 1. The van der Waals surface area contributed by atoms with E-state index in [4.69, 9.17) is 0 Å². The third-order valence-corrected chi connectivity index (χ3v) is 2.73. The highest BCUT2D eigenvalue weighted by Crippen LogP contribution is 2.31. The highest BCUT2D eigenvalue weighted by molar-refractivity contribution is 5.78. The lowest BCUT2D eigenvalue weighted by atomic mass is 10.0. The summed E-state index contributed by atoms with van der Waals surface area (Å²) in [6.45, 7) is 2.03. The van der Waals surface area contributed by atoms with Crippen LogP contribution in [0.15, 0.2) is 59.9 Å². The number of rotatable bonds is 3. The van der Waals surface area contributed by atoms with Gasteiger partial charge in [-0.2, -0.15) is 0 Å². The van der Waals surface area contributed by atoms with Crippen LogP contribution in [0.25, 0.3) is 5.57 Å². The molecule has 16 heavy (non-hydrogen) atoms. The van der Waals surface area contributed by atoms with Crippen LogP contribution in [-0.4, -0.2) is 5.11 Å². The summed E-state index contributed by atoms with van der Waals surface area (Å²) in [5.74, 6) is 0.398. The van der Waals surface area contributed by atoms with Gasteiger partial charge in [0.2, 0.25) is 0 Å². The van der Waals surface area contributed by atoms with Crippen molar-refractivity contribution in [1.82, 2.24) is 0 Å². The fourth-order valence-corrected chi connectivity index (χ4v) is 1.96. The fourth-order valence-electron chi connectivity index (χ4n) is 1.96. The monoisotopic (exact) mass is 212 g/mol. The molecule has 2 rings (SSSR count). The molecular weight excluding hydrogens is 196 g/mol. The average molecular weight is 212 g/mol. The van der Waals surface area contributed by atoms with Crippen molar-refractivity contribution in [3.63, 3.8) is 0 Å². The second-order valence-electron chi connectivity index (χ2n) is 3.86. The first kappa shape index (κ1) is 10.7. The van der Waals surface area contributed by atoms with Gasteiger partial charge in [0.25, 0.3) is 0 Å². The van der Waals surface area contributed by atoms with Crippen molar-refractivity contribution in [1.29, 1.82) is 0 Å². The van der Waals surface area contributed by atoms with E-state index in [-0.39, 0.29) is 0 Å². The van der Waals surface area contributed by atoms with Gasteiger partial charge in [-0.05, 0) is 30.1 Å². The van der Waals surface area contributed by atoms with E-state index >= 15 is 0 Å². The second kappa shape index (κ2) is 4.84. The Balaban J connectivity index is 2.41. The lowest BCUT2D eigenvalue weighted by molar-refractivity contribution is 0.424.